The monoisotopic (exact) mass is 270 g/mol. The zero-order valence-electron chi connectivity index (χ0n) is 12.9. The Hall–Kier alpha value is -0.610. The van der Waals surface area contributed by atoms with E-state index in [0.717, 1.165) is 25.6 Å². The summed E-state index contributed by atoms with van der Waals surface area (Å²) in [5.74, 6) is -0.142. The minimum Gasteiger partial charge on any atom is -0.480 e. The van der Waals surface area contributed by atoms with E-state index < -0.39 is 11.5 Å². The Morgan fingerprint density at radius 3 is 2.42 bits per heavy atom. The summed E-state index contributed by atoms with van der Waals surface area (Å²) in [4.78, 5) is 13.4. The summed E-state index contributed by atoms with van der Waals surface area (Å²) in [5, 5.41) is 9.03. The number of nitrogens with zero attached hydrogens (tertiary/aromatic N) is 1. The number of carboxylic acids is 1. The summed E-state index contributed by atoms with van der Waals surface area (Å²) in [6, 6.07) is 0. The number of hydrogen-bond donors (Lipinski definition) is 2. The van der Waals surface area contributed by atoms with E-state index in [4.69, 9.17) is 10.8 Å². The molecule has 3 N–H and O–H groups in total. The number of likely N-dealkylation sites (tertiary alicyclic amines) is 1. The molecule has 1 fully saturated rings. The normalized spacial score (nSPS) is 25.6. The predicted molar refractivity (Wildman–Crippen MR) is 78.1 cm³/mol. The topological polar surface area (TPSA) is 66.6 Å². The van der Waals surface area contributed by atoms with Crippen LogP contribution in [0.2, 0.25) is 0 Å². The van der Waals surface area contributed by atoms with E-state index in [1.807, 2.05) is 0 Å². The van der Waals surface area contributed by atoms with Crippen molar-refractivity contribution >= 4 is 5.97 Å². The van der Waals surface area contributed by atoms with Crippen LogP contribution in [0.5, 0.6) is 0 Å². The molecule has 0 aromatic heterocycles. The number of rotatable bonds is 4. The highest BCUT2D eigenvalue weighted by Gasteiger charge is 2.30. The van der Waals surface area contributed by atoms with Crippen molar-refractivity contribution in [2.24, 2.45) is 17.1 Å². The van der Waals surface area contributed by atoms with Gasteiger partial charge in [-0.3, -0.25) is 4.79 Å². The van der Waals surface area contributed by atoms with E-state index in [0.29, 0.717) is 11.8 Å². The van der Waals surface area contributed by atoms with Crippen LogP contribution in [0.15, 0.2) is 0 Å². The van der Waals surface area contributed by atoms with E-state index in [2.05, 4.69) is 25.7 Å². The van der Waals surface area contributed by atoms with Gasteiger partial charge in [-0.2, -0.15) is 0 Å². The quantitative estimate of drug-likeness (QED) is 0.823. The minimum absolute atomic E-state index is 0.374. The summed E-state index contributed by atoms with van der Waals surface area (Å²) >= 11 is 0. The lowest BCUT2D eigenvalue weighted by Crippen LogP contribution is -2.47. The molecule has 0 amide bonds. The van der Waals surface area contributed by atoms with Crippen LogP contribution in [0.4, 0.5) is 0 Å². The summed E-state index contributed by atoms with van der Waals surface area (Å²) < 4.78 is 0. The Morgan fingerprint density at radius 1 is 1.26 bits per heavy atom. The van der Waals surface area contributed by atoms with Crippen LogP contribution in [-0.4, -0.2) is 41.1 Å². The molecule has 1 aliphatic rings. The van der Waals surface area contributed by atoms with Crippen molar-refractivity contribution < 1.29 is 9.90 Å². The third-order valence-electron chi connectivity index (χ3n) is 4.48. The SMILES string of the molecule is CC(N)(CCN1CCCC(C(C)(C)C)CC1)C(=O)O. The van der Waals surface area contributed by atoms with Crippen molar-refractivity contribution in [3.05, 3.63) is 0 Å². The predicted octanol–water partition coefficient (Wildman–Crippen LogP) is 2.33. The van der Waals surface area contributed by atoms with Crippen molar-refractivity contribution in [1.29, 1.82) is 0 Å². The highest BCUT2D eigenvalue weighted by atomic mass is 16.4. The largest absolute Gasteiger partial charge is 0.480 e. The van der Waals surface area contributed by atoms with Crippen LogP contribution in [0.3, 0.4) is 0 Å². The first-order valence-corrected chi connectivity index (χ1v) is 7.37. The molecule has 0 aromatic carbocycles. The van der Waals surface area contributed by atoms with Gasteiger partial charge < -0.3 is 15.7 Å². The molecule has 2 unspecified atom stereocenters. The Labute approximate surface area is 117 Å². The molecule has 0 saturated carbocycles. The minimum atomic E-state index is -1.10. The molecule has 0 aliphatic carbocycles. The highest BCUT2D eigenvalue weighted by molar-refractivity contribution is 5.77. The van der Waals surface area contributed by atoms with E-state index in [1.165, 1.54) is 19.3 Å². The molecule has 4 heteroatoms. The van der Waals surface area contributed by atoms with Crippen molar-refractivity contribution in [1.82, 2.24) is 4.90 Å². The second-order valence-corrected chi connectivity index (χ2v) is 7.31. The number of nitrogens with two attached hydrogens (primary N) is 1. The summed E-state index contributed by atoms with van der Waals surface area (Å²) in [6.07, 6.45) is 4.20. The molecule has 1 heterocycles. The van der Waals surface area contributed by atoms with Gasteiger partial charge in [0.05, 0.1) is 0 Å². The van der Waals surface area contributed by atoms with Gasteiger partial charge >= 0.3 is 5.97 Å². The summed E-state index contributed by atoms with van der Waals surface area (Å²) in [5.41, 5.74) is 5.06. The highest BCUT2D eigenvalue weighted by Crippen LogP contribution is 2.34. The Morgan fingerprint density at radius 2 is 1.89 bits per heavy atom. The zero-order valence-corrected chi connectivity index (χ0v) is 12.9. The van der Waals surface area contributed by atoms with Crippen LogP contribution in [0.1, 0.15) is 53.4 Å². The van der Waals surface area contributed by atoms with Gasteiger partial charge in [0.15, 0.2) is 0 Å². The lowest BCUT2D eigenvalue weighted by molar-refractivity contribution is -0.143. The molecule has 1 rings (SSSR count). The van der Waals surface area contributed by atoms with E-state index >= 15 is 0 Å². The van der Waals surface area contributed by atoms with E-state index in [1.54, 1.807) is 6.92 Å². The van der Waals surface area contributed by atoms with E-state index in [9.17, 15) is 4.79 Å². The molecule has 19 heavy (non-hydrogen) atoms. The summed E-state index contributed by atoms with van der Waals surface area (Å²) in [7, 11) is 0. The van der Waals surface area contributed by atoms with Crippen molar-refractivity contribution in [2.75, 3.05) is 19.6 Å². The Balaban J connectivity index is 2.44. The first kappa shape index (κ1) is 16.4. The Kier molecular flexibility index (Phi) is 5.39. The van der Waals surface area contributed by atoms with Gasteiger partial charge in [-0.15, -0.1) is 0 Å². The van der Waals surface area contributed by atoms with Crippen molar-refractivity contribution in [3.63, 3.8) is 0 Å². The molecular weight excluding hydrogens is 240 g/mol. The number of hydrogen-bond acceptors (Lipinski definition) is 3. The fourth-order valence-electron chi connectivity index (χ4n) is 2.74. The van der Waals surface area contributed by atoms with Crippen LogP contribution in [0, 0.1) is 11.3 Å². The van der Waals surface area contributed by atoms with Gasteiger partial charge in [0.2, 0.25) is 0 Å². The molecule has 112 valence electrons. The van der Waals surface area contributed by atoms with Gasteiger partial charge in [0.1, 0.15) is 5.54 Å². The maximum atomic E-state index is 11.0. The molecule has 0 radical (unpaired) electrons. The van der Waals surface area contributed by atoms with Gasteiger partial charge in [-0.05, 0) is 57.0 Å². The molecule has 2 atom stereocenters. The number of carbonyl (C=O) groups is 1. The number of carboxylic acid groups (broad SMARTS) is 1. The average Bonchev–Trinajstić information content (AvgIpc) is 2.50. The third-order valence-corrected chi connectivity index (χ3v) is 4.48. The van der Waals surface area contributed by atoms with Crippen molar-refractivity contribution in [3.8, 4) is 0 Å². The standard InChI is InChI=1S/C15H30N2O2/c1-14(2,3)12-6-5-9-17(10-7-12)11-8-15(4,16)13(18)19/h12H,5-11,16H2,1-4H3,(H,18,19). The van der Waals surface area contributed by atoms with Crippen molar-refractivity contribution in [2.45, 2.75) is 58.9 Å². The molecule has 0 bridgehead atoms. The number of aliphatic carboxylic acids is 1. The van der Waals surface area contributed by atoms with Crippen LogP contribution < -0.4 is 5.73 Å². The van der Waals surface area contributed by atoms with E-state index in [-0.39, 0.29) is 0 Å². The molecule has 1 aliphatic heterocycles. The second kappa shape index (κ2) is 6.23. The van der Waals surface area contributed by atoms with Crippen LogP contribution >= 0.6 is 0 Å². The average molecular weight is 270 g/mol. The fraction of sp³-hybridized carbons (Fsp3) is 0.933. The van der Waals surface area contributed by atoms with Gasteiger partial charge in [0, 0.05) is 6.54 Å². The smallest absolute Gasteiger partial charge is 0.323 e. The third kappa shape index (κ3) is 5.11. The van der Waals surface area contributed by atoms with Crippen LogP contribution in [-0.2, 0) is 4.79 Å². The molecule has 0 spiro atoms. The first-order valence-electron chi connectivity index (χ1n) is 7.37. The first-order chi connectivity index (χ1) is 8.63. The summed E-state index contributed by atoms with van der Waals surface area (Å²) in [6.45, 7) is 11.5. The molecule has 0 aromatic rings. The zero-order chi connectivity index (χ0) is 14.7. The maximum absolute atomic E-state index is 11.0. The van der Waals surface area contributed by atoms with Gasteiger partial charge in [-0.25, -0.2) is 0 Å². The molecule has 4 nitrogen and oxygen atoms in total. The van der Waals surface area contributed by atoms with Gasteiger partial charge in [-0.1, -0.05) is 20.8 Å². The molecular formula is C15H30N2O2. The lowest BCUT2D eigenvalue weighted by Gasteiger charge is -2.30. The second-order valence-electron chi connectivity index (χ2n) is 7.31. The Bertz CT molecular complexity index is 308. The van der Waals surface area contributed by atoms with Crippen LogP contribution in [0.25, 0.3) is 0 Å². The fourth-order valence-corrected chi connectivity index (χ4v) is 2.74. The maximum Gasteiger partial charge on any atom is 0.323 e. The van der Waals surface area contributed by atoms with Gasteiger partial charge in [0.25, 0.3) is 0 Å². The lowest BCUT2D eigenvalue weighted by atomic mass is 9.77. The molecule has 1 saturated heterocycles.